The number of aryl methyl sites for hydroxylation is 1. The molecule has 6 heteroatoms. The lowest BCUT2D eigenvalue weighted by atomic mass is 10.2. The number of pyridine rings is 1. The zero-order valence-electron chi connectivity index (χ0n) is 10.1. The van der Waals surface area contributed by atoms with Gasteiger partial charge in [0, 0.05) is 17.8 Å². The SMILES string of the molecule is Cc1ccc(Oc2cc3[nH]c(=O)oc3cc2N)cn1. The number of benzene rings is 1. The highest BCUT2D eigenvalue weighted by Gasteiger charge is 2.08. The second-order valence-electron chi connectivity index (χ2n) is 4.14. The molecule has 3 aromatic rings. The van der Waals surface area contributed by atoms with Crippen LogP contribution in [0.1, 0.15) is 5.69 Å². The number of aromatic nitrogens is 2. The van der Waals surface area contributed by atoms with E-state index in [4.69, 9.17) is 14.9 Å². The molecule has 1 aromatic carbocycles. The highest BCUT2D eigenvalue weighted by atomic mass is 16.5. The minimum absolute atomic E-state index is 0.385. The summed E-state index contributed by atoms with van der Waals surface area (Å²) in [4.78, 5) is 17.8. The first-order valence-corrected chi connectivity index (χ1v) is 5.65. The molecule has 0 amide bonds. The molecular weight excluding hydrogens is 246 g/mol. The average Bonchev–Trinajstić information content (AvgIpc) is 2.72. The number of nitrogens with two attached hydrogens (primary N) is 1. The molecule has 6 nitrogen and oxygen atoms in total. The lowest BCUT2D eigenvalue weighted by Crippen LogP contribution is -1.94. The van der Waals surface area contributed by atoms with E-state index >= 15 is 0 Å². The molecule has 2 heterocycles. The predicted molar refractivity (Wildman–Crippen MR) is 70.3 cm³/mol. The Morgan fingerprint density at radius 1 is 1.37 bits per heavy atom. The summed E-state index contributed by atoms with van der Waals surface area (Å²) < 4.78 is 10.5. The number of ether oxygens (including phenoxy) is 1. The van der Waals surface area contributed by atoms with Crippen molar-refractivity contribution in [2.75, 3.05) is 5.73 Å². The van der Waals surface area contributed by atoms with E-state index in [1.54, 1.807) is 24.4 Å². The Morgan fingerprint density at radius 2 is 2.21 bits per heavy atom. The third-order valence-electron chi connectivity index (χ3n) is 2.66. The van der Waals surface area contributed by atoms with Gasteiger partial charge in [-0.05, 0) is 19.1 Å². The Kier molecular flexibility index (Phi) is 2.49. The second-order valence-corrected chi connectivity index (χ2v) is 4.14. The number of oxazole rings is 1. The molecule has 0 saturated heterocycles. The van der Waals surface area contributed by atoms with Crippen molar-refractivity contribution in [3.05, 3.63) is 46.7 Å². The van der Waals surface area contributed by atoms with Gasteiger partial charge in [0.15, 0.2) is 11.3 Å². The van der Waals surface area contributed by atoms with E-state index in [0.717, 1.165) is 5.69 Å². The van der Waals surface area contributed by atoms with Gasteiger partial charge >= 0.3 is 5.76 Å². The molecule has 96 valence electrons. The molecule has 3 N–H and O–H groups in total. The van der Waals surface area contributed by atoms with Crippen molar-refractivity contribution in [3.63, 3.8) is 0 Å². The summed E-state index contributed by atoms with van der Waals surface area (Å²) in [6, 6.07) is 6.80. The first-order chi connectivity index (χ1) is 9.11. The van der Waals surface area contributed by atoms with Gasteiger partial charge in [0.1, 0.15) is 5.75 Å². The van der Waals surface area contributed by atoms with E-state index in [1.165, 1.54) is 0 Å². The second kappa shape index (κ2) is 4.16. The summed E-state index contributed by atoms with van der Waals surface area (Å²) in [5.74, 6) is 0.487. The number of hydrogen-bond donors (Lipinski definition) is 2. The fourth-order valence-electron chi connectivity index (χ4n) is 1.72. The first kappa shape index (κ1) is 11.3. The summed E-state index contributed by atoms with van der Waals surface area (Å²) in [6.07, 6.45) is 1.61. The Bertz CT molecular complexity index is 787. The Hall–Kier alpha value is -2.76. The van der Waals surface area contributed by atoms with Crippen LogP contribution in [0.5, 0.6) is 11.5 Å². The first-order valence-electron chi connectivity index (χ1n) is 5.65. The molecule has 0 aliphatic heterocycles. The number of H-pyrrole nitrogens is 1. The molecule has 0 fully saturated rings. The van der Waals surface area contributed by atoms with Crippen LogP contribution in [0.2, 0.25) is 0 Å². The van der Waals surface area contributed by atoms with Crippen molar-refractivity contribution in [1.29, 1.82) is 0 Å². The summed E-state index contributed by atoms with van der Waals surface area (Å²) >= 11 is 0. The average molecular weight is 257 g/mol. The third-order valence-corrected chi connectivity index (χ3v) is 2.66. The van der Waals surface area contributed by atoms with Gasteiger partial charge in [-0.1, -0.05) is 0 Å². The number of hydrogen-bond acceptors (Lipinski definition) is 5. The van der Waals surface area contributed by atoms with Gasteiger partial charge in [0.05, 0.1) is 17.4 Å². The highest BCUT2D eigenvalue weighted by Crippen LogP contribution is 2.30. The van der Waals surface area contributed by atoms with Gasteiger partial charge in [-0.3, -0.25) is 9.97 Å². The molecule has 2 aromatic heterocycles. The Balaban J connectivity index is 2.02. The Labute approximate surface area is 107 Å². The largest absolute Gasteiger partial charge is 0.453 e. The van der Waals surface area contributed by atoms with Crippen LogP contribution in [0.4, 0.5) is 5.69 Å². The molecular formula is C13H11N3O3. The van der Waals surface area contributed by atoms with Crippen molar-refractivity contribution >= 4 is 16.8 Å². The molecule has 0 spiro atoms. The minimum Gasteiger partial charge on any atom is -0.453 e. The maximum absolute atomic E-state index is 11.1. The Morgan fingerprint density at radius 3 is 2.95 bits per heavy atom. The molecule has 0 unspecified atom stereocenters. The lowest BCUT2D eigenvalue weighted by molar-refractivity contribution is 0.482. The van der Waals surface area contributed by atoms with Crippen LogP contribution in [0, 0.1) is 6.92 Å². The van der Waals surface area contributed by atoms with Crippen LogP contribution < -0.4 is 16.2 Å². The number of aromatic amines is 1. The number of nitrogens with one attached hydrogen (secondary N) is 1. The molecule has 0 aliphatic carbocycles. The van der Waals surface area contributed by atoms with Crippen LogP contribution in [-0.4, -0.2) is 9.97 Å². The van der Waals surface area contributed by atoms with Gasteiger partial charge in [-0.2, -0.15) is 0 Å². The molecule has 0 atom stereocenters. The lowest BCUT2D eigenvalue weighted by Gasteiger charge is -2.07. The van der Waals surface area contributed by atoms with Gasteiger partial charge < -0.3 is 14.9 Å². The monoisotopic (exact) mass is 257 g/mol. The van der Waals surface area contributed by atoms with E-state index in [0.29, 0.717) is 28.3 Å². The zero-order chi connectivity index (χ0) is 13.4. The van der Waals surface area contributed by atoms with Crippen LogP contribution >= 0.6 is 0 Å². The maximum atomic E-state index is 11.1. The van der Waals surface area contributed by atoms with Crippen molar-refractivity contribution in [3.8, 4) is 11.5 Å². The molecule has 0 aliphatic rings. The standard InChI is InChI=1S/C13H11N3O3/c1-7-2-3-8(6-15-7)18-11-5-10-12(4-9(11)14)19-13(17)16-10/h2-6H,14H2,1H3,(H,16,17). The van der Waals surface area contributed by atoms with E-state index in [2.05, 4.69) is 9.97 Å². The van der Waals surface area contributed by atoms with E-state index in [9.17, 15) is 4.79 Å². The fraction of sp³-hybridized carbons (Fsp3) is 0.0769. The van der Waals surface area contributed by atoms with Gasteiger partial charge in [0.25, 0.3) is 0 Å². The topological polar surface area (TPSA) is 94.1 Å². The van der Waals surface area contributed by atoms with Gasteiger partial charge in [-0.15, -0.1) is 0 Å². The normalized spacial score (nSPS) is 10.8. The molecule has 3 rings (SSSR count). The summed E-state index contributed by atoms with van der Waals surface area (Å²) in [5.41, 5.74) is 8.07. The van der Waals surface area contributed by atoms with Crippen LogP contribution in [0.25, 0.3) is 11.1 Å². The zero-order valence-corrected chi connectivity index (χ0v) is 10.1. The van der Waals surface area contributed by atoms with Crippen LogP contribution in [0.15, 0.2) is 39.7 Å². The van der Waals surface area contributed by atoms with Crippen molar-refractivity contribution in [2.45, 2.75) is 6.92 Å². The molecule has 0 saturated carbocycles. The minimum atomic E-state index is -0.524. The van der Waals surface area contributed by atoms with Crippen LogP contribution in [0.3, 0.4) is 0 Å². The van der Waals surface area contributed by atoms with E-state index in [1.807, 2.05) is 13.0 Å². The number of nitrogens with zero attached hydrogens (tertiary/aromatic N) is 1. The smallest absolute Gasteiger partial charge is 0.417 e. The van der Waals surface area contributed by atoms with Crippen molar-refractivity contribution in [1.82, 2.24) is 9.97 Å². The quantitative estimate of drug-likeness (QED) is 0.686. The third kappa shape index (κ3) is 2.15. The maximum Gasteiger partial charge on any atom is 0.417 e. The summed E-state index contributed by atoms with van der Waals surface area (Å²) in [5, 5.41) is 0. The van der Waals surface area contributed by atoms with Gasteiger partial charge in [-0.25, -0.2) is 4.79 Å². The number of nitrogen functional groups attached to an aromatic ring is 1. The molecule has 0 bridgehead atoms. The van der Waals surface area contributed by atoms with Gasteiger partial charge in [0.2, 0.25) is 0 Å². The summed E-state index contributed by atoms with van der Waals surface area (Å²) in [7, 11) is 0. The highest BCUT2D eigenvalue weighted by molar-refractivity contribution is 5.80. The van der Waals surface area contributed by atoms with Crippen LogP contribution in [-0.2, 0) is 0 Å². The van der Waals surface area contributed by atoms with E-state index < -0.39 is 5.76 Å². The van der Waals surface area contributed by atoms with E-state index in [-0.39, 0.29) is 0 Å². The fourth-order valence-corrected chi connectivity index (χ4v) is 1.72. The summed E-state index contributed by atoms with van der Waals surface area (Å²) in [6.45, 7) is 1.89. The van der Waals surface area contributed by atoms with Crippen molar-refractivity contribution in [2.24, 2.45) is 0 Å². The predicted octanol–water partition coefficient (Wildman–Crippen LogP) is 2.20. The molecule has 19 heavy (non-hydrogen) atoms. The number of anilines is 1. The molecule has 0 radical (unpaired) electrons. The number of fused-ring (bicyclic) bond motifs is 1. The number of rotatable bonds is 2. The van der Waals surface area contributed by atoms with Crippen molar-refractivity contribution < 1.29 is 9.15 Å².